The molecule has 1 N–H and O–H groups in total. The molecule has 0 amide bonds. The average molecular weight is 369 g/mol. The molecule has 128 valence electrons. The van der Waals surface area contributed by atoms with E-state index in [9.17, 15) is 14.9 Å². The van der Waals surface area contributed by atoms with Crippen molar-refractivity contribution in [2.75, 3.05) is 12.4 Å². The molecular weight excluding hydrogens is 352 g/mol. The predicted octanol–water partition coefficient (Wildman–Crippen LogP) is 3.28. The SMILES string of the molecule is CC1=C(C(=O)OCCS)C(c2cccc(Cl)c2)C([N+](=O)[O-])=C(C)N1. The number of carbonyl (C=O) groups is 1. The summed E-state index contributed by atoms with van der Waals surface area (Å²) < 4.78 is 5.15. The molecule has 1 aliphatic rings. The van der Waals surface area contributed by atoms with Gasteiger partial charge in [0.05, 0.1) is 16.2 Å². The van der Waals surface area contributed by atoms with Crippen molar-refractivity contribution in [2.24, 2.45) is 0 Å². The van der Waals surface area contributed by atoms with E-state index >= 15 is 0 Å². The Balaban J connectivity index is 2.59. The Morgan fingerprint density at radius 2 is 2.12 bits per heavy atom. The van der Waals surface area contributed by atoms with Gasteiger partial charge in [-0.05, 0) is 31.5 Å². The maximum absolute atomic E-state index is 12.5. The number of nitro groups is 1. The second-order valence-corrected chi connectivity index (χ2v) is 6.16. The molecule has 1 aromatic rings. The van der Waals surface area contributed by atoms with E-state index in [0.29, 0.717) is 27.7 Å². The fourth-order valence-corrected chi connectivity index (χ4v) is 3.01. The summed E-state index contributed by atoms with van der Waals surface area (Å²) in [5, 5.41) is 14.9. The maximum atomic E-state index is 12.5. The molecule has 2 rings (SSSR count). The largest absolute Gasteiger partial charge is 0.461 e. The second kappa shape index (κ2) is 7.72. The van der Waals surface area contributed by atoms with Crippen LogP contribution in [0.25, 0.3) is 0 Å². The number of halogens is 1. The molecule has 8 heteroatoms. The Morgan fingerprint density at radius 3 is 2.71 bits per heavy atom. The van der Waals surface area contributed by atoms with Crippen molar-refractivity contribution >= 4 is 30.2 Å². The van der Waals surface area contributed by atoms with Crippen LogP contribution in [0, 0.1) is 10.1 Å². The Bertz CT molecular complexity index is 745. The van der Waals surface area contributed by atoms with E-state index in [1.807, 2.05) is 0 Å². The number of nitrogens with zero attached hydrogens (tertiary/aromatic N) is 1. The van der Waals surface area contributed by atoms with Crippen LogP contribution in [-0.2, 0) is 9.53 Å². The second-order valence-electron chi connectivity index (χ2n) is 5.28. The van der Waals surface area contributed by atoms with Crippen LogP contribution in [0.15, 0.2) is 46.9 Å². The molecule has 0 saturated heterocycles. The number of allylic oxidation sites excluding steroid dienone is 3. The molecule has 1 unspecified atom stereocenters. The third-order valence-electron chi connectivity index (χ3n) is 3.65. The smallest absolute Gasteiger partial charge is 0.337 e. The van der Waals surface area contributed by atoms with Gasteiger partial charge >= 0.3 is 5.97 Å². The van der Waals surface area contributed by atoms with Crippen molar-refractivity contribution in [2.45, 2.75) is 19.8 Å². The van der Waals surface area contributed by atoms with E-state index in [-0.39, 0.29) is 17.9 Å². The monoisotopic (exact) mass is 368 g/mol. The molecule has 0 aromatic heterocycles. The lowest BCUT2D eigenvalue weighted by Gasteiger charge is -2.26. The zero-order valence-corrected chi connectivity index (χ0v) is 14.9. The first-order valence-electron chi connectivity index (χ1n) is 7.23. The summed E-state index contributed by atoms with van der Waals surface area (Å²) in [6.45, 7) is 3.42. The highest BCUT2D eigenvalue weighted by Gasteiger charge is 2.40. The number of thiol groups is 1. The minimum atomic E-state index is -0.854. The summed E-state index contributed by atoms with van der Waals surface area (Å²) in [7, 11) is 0. The van der Waals surface area contributed by atoms with Gasteiger partial charge in [0.1, 0.15) is 12.5 Å². The van der Waals surface area contributed by atoms with Crippen molar-refractivity contribution in [1.82, 2.24) is 5.32 Å². The van der Waals surface area contributed by atoms with Gasteiger partial charge in [0.2, 0.25) is 0 Å². The van der Waals surface area contributed by atoms with Gasteiger partial charge in [-0.15, -0.1) is 0 Å². The summed E-state index contributed by atoms with van der Waals surface area (Å²) >= 11 is 10.0. The van der Waals surface area contributed by atoms with E-state index in [1.165, 1.54) is 0 Å². The van der Waals surface area contributed by atoms with Crippen LogP contribution in [0.4, 0.5) is 0 Å². The minimum Gasteiger partial charge on any atom is -0.461 e. The van der Waals surface area contributed by atoms with Gasteiger partial charge in [-0.2, -0.15) is 12.6 Å². The summed E-state index contributed by atoms with van der Waals surface area (Å²) in [5.41, 5.74) is 1.57. The number of hydrogen-bond acceptors (Lipinski definition) is 6. The van der Waals surface area contributed by atoms with Crippen molar-refractivity contribution in [3.05, 3.63) is 67.6 Å². The van der Waals surface area contributed by atoms with Crippen LogP contribution in [0.5, 0.6) is 0 Å². The maximum Gasteiger partial charge on any atom is 0.337 e. The number of dihydropyridines is 1. The molecule has 6 nitrogen and oxygen atoms in total. The Morgan fingerprint density at radius 1 is 1.42 bits per heavy atom. The normalized spacial score (nSPS) is 17.6. The first-order valence-corrected chi connectivity index (χ1v) is 8.24. The number of benzene rings is 1. The molecule has 1 atom stereocenters. The van der Waals surface area contributed by atoms with Crippen molar-refractivity contribution < 1.29 is 14.5 Å². The molecule has 24 heavy (non-hydrogen) atoms. The zero-order valence-electron chi connectivity index (χ0n) is 13.2. The van der Waals surface area contributed by atoms with Crippen LogP contribution < -0.4 is 5.32 Å². The fraction of sp³-hybridized carbons (Fsp3) is 0.312. The molecule has 0 saturated carbocycles. The van der Waals surface area contributed by atoms with Gasteiger partial charge in [-0.1, -0.05) is 23.7 Å². The van der Waals surface area contributed by atoms with E-state index < -0.39 is 16.8 Å². The Hall–Kier alpha value is -1.99. The van der Waals surface area contributed by atoms with Gasteiger partial charge in [0.15, 0.2) is 0 Å². The summed E-state index contributed by atoms with van der Waals surface area (Å²) in [6, 6.07) is 6.69. The quantitative estimate of drug-likeness (QED) is 0.361. The fourth-order valence-electron chi connectivity index (χ4n) is 2.72. The lowest BCUT2D eigenvalue weighted by molar-refractivity contribution is -0.431. The number of hydrogen-bond donors (Lipinski definition) is 2. The third kappa shape index (κ3) is 3.73. The van der Waals surface area contributed by atoms with Crippen LogP contribution >= 0.6 is 24.2 Å². The summed E-state index contributed by atoms with van der Waals surface area (Å²) in [5.74, 6) is -1.09. The molecule has 1 aromatic carbocycles. The average Bonchev–Trinajstić information content (AvgIpc) is 2.51. The standard InChI is InChI=1S/C16H17ClN2O4S/c1-9-13(16(20)23-6-7-24)14(11-4-3-5-12(17)8-11)15(19(21)22)10(2)18-9/h3-5,8,14,18,24H,6-7H2,1-2H3. The molecule has 0 aliphatic carbocycles. The Kier molecular flexibility index (Phi) is 5.90. The van der Waals surface area contributed by atoms with Gasteiger partial charge < -0.3 is 10.1 Å². The number of rotatable bonds is 5. The highest BCUT2D eigenvalue weighted by atomic mass is 35.5. The molecule has 0 fully saturated rings. The minimum absolute atomic E-state index is 0.0966. The lowest BCUT2D eigenvalue weighted by Crippen LogP contribution is -2.31. The van der Waals surface area contributed by atoms with Crippen molar-refractivity contribution in [3.8, 4) is 0 Å². The van der Waals surface area contributed by atoms with Crippen LogP contribution in [0.3, 0.4) is 0 Å². The first kappa shape index (κ1) is 18.4. The molecule has 1 heterocycles. The molecule has 1 aliphatic heterocycles. The van der Waals surface area contributed by atoms with E-state index in [1.54, 1.807) is 38.1 Å². The molecule has 0 spiro atoms. The van der Waals surface area contributed by atoms with Gasteiger partial charge in [-0.25, -0.2) is 4.79 Å². The Labute approximate surface area is 150 Å². The van der Waals surface area contributed by atoms with Gasteiger partial charge in [0.25, 0.3) is 5.70 Å². The van der Waals surface area contributed by atoms with Crippen molar-refractivity contribution in [3.63, 3.8) is 0 Å². The number of esters is 1. The molecule has 0 bridgehead atoms. The van der Waals surface area contributed by atoms with Crippen LogP contribution in [0.1, 0.15) is 25.3 Å². The van der Waals surface area contributed by atoms with E-state index in [0.717, 1.165) is 0 Å². The lowest BCUT2D eigenvalue weighted by atomic mass is 9.84. The number of carbonyl (C=O) groups excluding carboxylic acids is 1. The molecular formula is C16H17ClN2O4S. The number of ether oxygens (including phenoxy) is 1. The van der Waals surface area contributed by atoms with Crippen molar-refractivity contribution in [1.29, 1.82) is 0 Å². The predicted molar refractivity (Wildman–Crippen MR) is 94.5 cm³/mol. The third-order valence-corrected chi connectivity index (χ3v) is 4.07. The highest BCUT2D eigenvalue weighted by Crippen LogP contribution is 2.39. The van der Waals surface area contributed by atoms with Gasteiger partial charge in [-0.3, -0.25) is 10.1 Å². The molecule has 0 radical (unpaired) electrons. The first-order chi connectivity index (χ1) is 11.4. The zero-order chi connectivity index (χ0) is 17.9. The van der Waals surface area contributed by atoms with E-state index in [2.05, 4.69) is 17.9 Å². The summed E-state index contributed by atoms with van der Waals surface area (Å²) in [4.78, 5) is 23.6. The van der Waals surface area contributed by atoms with Crippen LogP contribution in [0.2, 0.25) is 5.02 Å². The summed E-state index contributed by atoms with van der Waals surface area (Å²) in [6.07, 6.45) is 0. The highest BCUT2D eigenvalue weighted by molar-refractivity contribution is 7.80. The van der Waals surface area contributed by atoms with Gasteiger partial charge in [0, 0.05) is 16.5 Å². The number of nitrogens with one attached hydrogen (secondary N) is 1. The van der Waals surface area contributed by atoms with E-state index in [4.69, 9.17) is 16.3 Å². The topological polar surface area (TPSA) is 81.5 Å². The van der Waals surface area contributed by atoms with Crippen LogP contribution in [-0.4, -0.2) is 23.3 Å².